The number of allylic oxidation sites excluding steroid dienone is 1. The Kier molecular flexibility index (Phi) is 5.30. The molecule has 6 nitrogen and oxygen atoms in total. The van der Waals surface area contributed by atoms with Crippen LogP contribution in [0.25, 0.3) is 6.08 Å². The Balaban J connectivity index is 1.90. The van der Waals surface area contributed by atoms with Crippen molar-refractivity contribution in [3.8, 4) is 0 Å². The molecule has 1 amide bonds. The molecule has 2 rings (SSSR count). The maximum absolute atomic E-state index is 13.4. The number of nitro benzene ring substituents is 1. The zero-order valence-electron chi connectivity index (χ0n) is 11.8. The molecule has 0 aliphatic heterocycles. The van der Waals surface area contributed by atoms with Crippen LogP contribution in [-0.4, -0.2) is 17.0 Å². The third-order valence-electron chi connectivity index (χ3n) is 2.84. The van der Waals surface area contributed by atoms with Crippen LogP contribution < -0.4 is 5.43 Å². The van der Waals surface area contributed by atoms with Gasteiger partial charge in [0.15, 0.2) is 0 Å². The van der Waals surface area contributed by atoms with Gasteiger partial charge in [-0.15, -0.1) is 0 Å². The number of hydrazone groups is 1. The molecule has 2 aromatic carbocycles. The lowest BCUT2D eigenvalue weighted by Gasteiger charge is -1.99. The number of hydrogen-bond acceptors (Lipinski definition) is 4. The molecular formula is C16H12FN3O3. The van der Waals surface area contributed by atoms with Crippen LogP contribution in [0.5, 0.6) is 0 Å². The standard InChI is InChI=1S/C16H12FN3O3/c17-15-6-2-1-5-14(15)16(21)19-18-11-3-4-12-7-9-13(10-8-12)20(22)23/h1-11H,(H,19,21). The zero-order valence-corrected chi connectivity index (χ0v) is 11.8. The van der Waals surface area contributed by atoms with Gasteiger partial charge in [-0.2, -0.15) is 5.10 Å². The van der Waals surface area contributed by atoms with Gasteiger partial charge < -0.3 is 0 Å². The maximum atomic E-state index is 13.4. The van der Waals surface area contributed by atoms with Crippen LogP contribution in [-0.2, 0) is 0 Å². The lowest BCUT2D eigenvalue weighted by Crippen LogP contribution is -2.18. The molecular weight excluding hydrogens is 301 g/mol. The maximum Gasteiger partial charge on any atom is 0.274 e. The molecule has 2 aromatic rings. The van der Waals surface area contributed by atoms with Gasteiger partial charge in [0.05, 0.1) is 10.5 Å². The third kappa shape index (κ3) is 4.57. The summed E-state index contributed by atoms with van der Waals surface area (Å²) in [6, 6.07) is 11.5. The number of non-ortho nitro benzene ring substituents is 1. The molecule has 0 spiro atoms. The fraction of sp³-hybridized carbons (Fsp3) is 0. The van der Waals surface area contributed by atoms with Gasteiger partial charge in [-0.3, -0.25) is 14.9 Å². The van der Waals surface area contributed by atoms with Crippen LogP contribution in [0.3, 0.4) is 0 Å². The van der Waals surface area contributed by atoms with E-state index in [4.69, 9.17) is 0 Å². The summed E-state index contributed by atoms with van der Waals surface area (Å²) in [4.78, 5) is 21.7. The molecule has 23 heavy (non-hydrogen) atoms. The molecule has 0 aromatic heterocycles. The van der Waals surface area contributed by atoms with Crippen LogP contribution in [0.4, 0.5) is 10.1 Å². The number of halogens is 1. The van der Waals surface area contributed by atoms with E-state index in [-0.39, 0.29) is 11.3 Å². The average molecular weight is 313 g/mol. The van der Waals surface area contributed by atoms with Crippen molar-refractivity contribution in [2.75, 3.05) is 0 Å². The molecule has 0 unspecified atom stereocenters. The van der Waals surface area contributed by atoms with Gasteiger partial charge in [0.2, 0.25) is 0 Å². The molecule has 7 heteroatoms. The summed E-state index contributed by atoms with van der Waals surface area (Å²) in [6.07, 6.45) is 4.52. The number of carbonyl (C=O) groups is 1. The second-order valence-corrected chi connectivity index (χ2v) is 4.41. The number of amides is 1. The number of nitro groups is 1. The molecule has 0 saturated heterocycles. The fourth-order valence-electron chi connectivity index (χ4n) is 1.71. The fourth-order valence-corrected chi connectivity index (χ4v) is 1.71. The van der Waals surface area contributed by atoms with Crippen molar-refractivity contribution < 1.29 is 14.1 Å². The number of benzene rings is 2. The summed E-state index contributed by atoms with van der Waals surface area (Å²) in [5.74, 6) is -1.27. The van der Waals surface area contributed by atoms with Crippen LogP contribution in [0.1, 0.15) is 15.9 Å². The van der Waals surface area contributed by atoms with Crippen molar-refractivity contribution in [3.05, 3.63) is 81.7 Å². The van der Waals surface area contributed by atoms with Gasteiger partial charge in [0, 0.05) is 18.3 Å². The monoisotopic (exact) mass is 313 g/mol. The minimum absolute atomic E-state index is 0.00738. The Hall–Kier alpha value is -3.35. The van der Waals surface area contributed by atoms with Crippen molar-refractivity contribution in [2.45, 2.75) is 0 Å². The highest BCUT2D eigenvalue weighted by Crippen LogP contribution is 2.12. The van der Waals surface area contributed by atoms with E-state index in [1.165, 1.54) is 36.5 Å². The number of rotatable bonds is 5. The van der Waals surface area contributed by atoms with Gasteiger partial charge in [-0.05, 0) is 35.9 Å². The van der Waals surface area contributed by atoms with Gasteiger partial charge in [-0.1, -0.05) is 18.2 Å². The van der Waals surface area contributed by atoms with Gasteiger partial charge >= 0.3 is 0 Å². The molecule has 0 saturated carbocycles. The molecule has 0 atom stereocenters. The van der Waals surface area contributed by atoms with Crippen molar-refractivity contribution in [2.24, 2.45) is 5.10 Å². The Morgan fingerprint density at radius 1 is 1.17 bits per heavy atom. The van der Waals surface area contributed by atoms with E-state index in [1.54, 1.807) is 30.4 Å². The van der Waals surface area contributed by atoms with E-state index in [9.17, 15) is 19.3 Å². The van der Waals surface area contributed by atoms with E-state index in [0.29, 0.717) is 0 Å². The highest BCUT2D eigenvalue weighted by atomic mass is 19.1. The van der Waals surface area contributed by atoms with Crippen molar-refractivity contribution in [1.29, 1.82) is 0 Å². The van der Waals surface area contributed by atoms with Gasteiger partial charge in [0.1, 0.15) is 5.82 Å². The smallest absolute Gasteiger partial charge is 0.267 e. The summed E-state index contributed by atoms with van der Waals surface area (Å²) in [6.45, 7) is 0. The van der Waals surface area contributed by atoms with Crippen molar-refractivity contribution in [1.82, 2.24) is 5.43 Å². The third-order valence-corrected chi connectivity index (χ3v) is 2.84. The molecule has 0 radical (unpaired) electrons. The molecule has 0 bridgehead atoms. The van der Waals surface area contributed by atoms with Gasteiger partial charge in [-0.25, -0.2) is 9.82 Å². The van der Waals surface area contributed by atoms with Crippen LogP contribution >= 0.6 is 0 Å². The van der Waals surface area contributed by atoms with E-state index in [2.05, 4.69) is 10.5 Å². The van der Waals surface area contributed by atoms with Gasteiger partial charge in [0.25, 0.3) is 11.6 Å². The van der Waals surface area contributed by atoms with E-state index >= 15 is 0 Å². The molecule has 116 valence electrons. The molecule has 0 fully saturated rings. The first kappa shape index (κ1) is 16.0. The Morgan fingerprint density at radius 2 is 1.87 bits per heavy atom. The Morgan fingerprint density at radius 3 is 2.52 bits per heavy atom. The number of nitrogens with zero attached hydrogens (tertiary/aromatic N) is 2. The summed E-state index contributed by atoms with van der Waals surface area (Å²) in [5.41, 5.74) is 2.85. The second-order valence-electron chi connectivity index (χ2n) is 4.41. The van der Waals surface area contributed by atoms with Crippen LogP contribution in [0, 0.1) is 15.9 Å². The number of nitrogens with one attached hydrogen (secondary N) is 1. The van der Waals surface area contributed by atoms with Crippen molar-refractivity contribution >= 4 is 23.9 Å². The lowest BCUT2D eigenvalue weighted by atomic mass is 10.2. The number of carbonyl (C=O) groups excluding carboxylic acids is 1. The minimum atomic E-state index is -0.650. The highest BCUT2D eigenvalue weighted by molar-refractivity contribution is 5.94. The second kappa shape index (κ2) is 7.60. The largest absolute Gasteiger partial charge is 0.274 e. The molecule has 0 heterocycles. The predicted octanol–water partition coefficient (Wildman–Crippen LogP) is 3.16. The zero-order chi connectivity index (χ0) is 16.7. The number of hydrogen-bond donors (Lipinski definition) is 1. The van der Waals surface area contributed by atoms with Crippen LogP contribution in [0.2, 0.25) is 0 Å². The van der Waals surface area contributed by atoms with E-state index in [0.717, 1.165) is 5.56 Å². The summed E-state index contributed by atoms with van der Waals surface area (Å²) < 4.78 is 13.4. The van der Waals surface area contributed by atoms with Crippen LogP contribution in [0.15, 0.2) is 59.7 Å². The lowest BCUT2D eigenvalue weighted by molar-refractivity contribution is -0.384. The van der Waals surface area contributed by atoms with Crippen molar-refractivity contribution in [3.63, 3.8) is 0 Å². The normalized spacial score (nSPS) is 11.0. The SMILES string of the molecule is O=C(NN=CC=Cc1ccc([N+](=O)[O-])cc1)c1ccccc1F. The summed E-state index contributed by atoms with van der Waals surface area (Å²) >= 11 is 0. The molecule has 0 aliphatic carbocycles. The molecule has 0 aliphatic rings. The van der Waals surface area contributed by atoms with E-state index < -0.39 is 16.6 Å². The first-order valence-electron chi connectivity index (χ1n) is 6.57. The predicted molar refractivity (Wildman–Crippen MR) is 84.5 cm³/mol. The molecule has 1 N–H and O–H groups in total. The topological polar surface area (TPSA) is 84.6 Å². The quantitative estimate of drug-likeness (QED) is 0.522. The minimum Gasteiger partial charge on any atom is -0.267 e. The highest BCUT2D eigenvalue weighted by Gasteiger charge is 2.08. The Bertz CT molecular complexity index is 770. The first-order valence-corrected chi connectivity index (χ1v) is 6.57. The average Bonchev–Trinajstić information content (AvgIpc) is 2.55. The summed E-state index contributed by atoms with van der Waals surface area (Å²) in [5, 5.41) is 14.2. The van der Waals surface area contributed by atoms with E-state index in [1.807, 2.05) is 0 Å². The Labute approximate surface area is 131 Å². The first-order chi connectivity index (χ1) is 11.1. The summed E-state index contributed by atoms with van der Waals surface area (Å²) in [7, 11) is 0.